The molecule has 34 heavy (non-hydrogen) atoms. The Balaban J connectivity index is 1.26. The molecule has 1 unspecified atom stereocenters. The number of amides is 1. The van der Waals surface area contributed by atoms with E-state index in [2.05, 4.69) is 10.1 Å². The summed E-state index contributed by atoms with van der Waals surface area (Å²) in [5.74, 6) is 0.741. The van der Waals surface area contributed by atoms with Crippen LogP contribution in [0, 0.1) is 0 Å². The average molecular weight is 468 g/mol. The third-order valence-corrected chi connectivity index (χ3v) is 6.40. The smallest absolute Gasteiger partial charge is 0.410 e. The van der Waals surface area contributed by atoms with Crippen LogP contribution in [0.15, 0.2) is 41.6 Å². The molecule has 0 saturated carbocycles. The maximum Gasteiger partial charge on any atom is 0.410 e. The van der Waals surface area contributed by atoms with Gasteiger partial charge in [0.05, 0.1) is 25.5 Å². The summed E-state index contributed by atoms with van der Waals surface area (Å²) in [5, 5.41) is 4.82. The molecule has 2 aromatic heterocycles. The lowest BCUT2D eigenvalue weighted by atomic mass is 9.93. The van der Waals surface area contributed by atoms with Gasteiger partial charge in [-0.05, 0) is 57.9 Å². The van der Waals surface area contributed by atoms with Gasteiger partial charge in [0.25, 0.3) is 5.56 Å². The van der Waals surface area contributed by atoms with Crippen LogP contribution in [0.3, 0.4) is 0 Å². The number of benzene rings is 1. The van der Waals surface area contributed by atoms with Gasteiger partial charge in [-0.25, -0.2) is 14.5 Å². The zero-order valence-corrected chi connectivity index (χ0v) is 19.9. The highest BCUT2D eigenvalue weighted by Gasteiger charge is 2.57. The minimum absolute atomic E-state index is 0.0816. The first-order valence-corrected chi connectivity index (χ1v) is 11.4. The lowest BCUT2D eigenvalue weighted by Gasteiger charge is -2.32. The molecule has 4 heterocycles. The second-order valence-electron chi connectivity index (χ2n) is 9.83. The largest absolute Gasteiger partial charge is 0.497 e. The molecule has 3 aromatic rings. The Morgan fingerprint density at radius 3 is 2.56 bits per heavy atom. The number of methoxy groups -OCH3 is 1. The van der Waals surface area contributed by atoms with E-state index in [0.717, 1.165) is 24.3 Å². The first-order chi connectivity index (χ1) is 16.2. The molecule has 1 atom stereocenters. The number of carbonyl (C=O) groups is 1. The quantitative estimate of drug-likeness (QED) is 0.544. The van der Waals surface area contributed by atoms with Gasteiger partial charge in [-0.15, -0.1) is 0 Å². The number of hydrogen-bond donors (Lipinski definition) is 0. The normalized spacial score (nSPS) is 19.4. The molecule has 0 radical (unpaired) electrons. The van der Waals surface area contributed by atoms with Crippen LogP contribution >= 0.6 is 0 Å². The Hall–Kier alpha value is -3.40. The molecule has 10 nitrogen and oxygen atoms in total. The van der Waals surface area contributed by atoms with Gasteiger partial charge in [0, 0.05) is 13.1 Å². The lowest BCUT2D eigenvalue weighted by Crippen LogP contribution is -2.44. The Morgan fingerprint density at radius 2 is 1.91 bits per heavy atom. The number of hydrogen-bond acceptors (Lipinski definition) is 7. The minimum atomic E-state index is -0.515. The van der Waals surface area contributed by atoms with Gasteiger partial charge < -0.3 is 19.1 Å². The van der Waals surface area contributed by atoms with Crippen molar-refractivity contribution in [3.05, 3.63) is 47.1 Å². The van der Waals surface area contributed by atoms with Crippen LogP contribution in [0.1, 0.15) is 33.6 Å². The van der Waals surface area contributed by atoms with Gasteiger partial charge in [-0.3, -0.25) is 9.36 Å². The Morgan fingerprint density at radius 1 is 1.21 bits per heavy atom. The number of carbonyl (C=O) groups excluding carboxylic acids is 1. The maximum atomic E-state index is 13.1. The van der Waals surface area contributed by atoms with Crippen molar-refractivity contribution in [2.45, 2.75) is 57.5 Å². The molecule has 2 aliphatic heterocycles. The summed E-state index contributed by atoms with van der Waals surface area (Å²) in [4.78, 5) is 31.7. The number of piperidine rings is 1. The molecule has 1 aromatic carbocycles. The summed E-state index contributed by atoms with van der Waals surface area (Å²) >= 11 is 0. The van der Waals surface area contributed by atoms with Crippen molar-refractivity contribution in [3.8, 4) is 11.4 Å². The van der Waals surface area contributed by atoms with E-state index in [0.29, 0.717) is 30.7 Å². The monoisotopic (exact) mass is 467 g/mol. The van der Waals surface area contributed by atoms with Crippen LogP contribution in [-0.2, 0) is 16.0 Å². The number of rotatable bonds is 4. The molecule has 1 amide bonds. The fourth-order valence-electron chi connectivity index (χ4n) is 4.46. The van der Waals surface area contributed by atoms with Gasteiger partial charge in [0.2, 0.25) is 0 Å². The van der Waals surface area contributed by atoms with Crippen molar-refractivity contribution in [2.75, 3.05) is 20.2 Å². The van der Waals surface area contributed by atoms with Gasteiger partial charge in [0.1, 0.15) is 34.8 Å². The first-order valence-electron chi connectivity index (χ1n) is 11.4. The van der Waals surface area contributed by atoms with E-state index in [1.54, 1.807) is 33.8 Å². The summed E-state index contributed by atoms with van der Waals surface area (Å²) in [6, 6.07) is 7.40. The molecule has 0 aliphatic carbocycles. The van der Waals surface area contributed by atoms with Gasteiger partial charge in [0.15, 0.2) is 5.65 Å². The average Bonchev–Trinajstić information content (AvgIpc) is 3.25. The van der Waals surface area contributed by atoms with Crippen molar-refractivity contribution in [1.29, 1.82) is 0 Å². The molecular formula is C24H29N5O5. The fourth-order valence-corrected chi connectivity index (χ4v) is 4.46. The van der Waals surface area contributed by atoms with Gasteiger partial charge in [-0.1, -0.05) is 0 Å². The molecule has 180 valence electrons. The number of aromatic nitrogens is 4. The summed E-state index contributed by atoms with van der Waals surface area (Å²) in [7, 11) is 1.61. The van der Waals surface area contributed by atoms with Crippen LogP contribution in [-0.4, -0.2) is 67.8 Å². The van der Waals surface area contributed by atoms with Crippen molar-refractivity contribution >= 4 is 17.1 Å². The second kappa shape index (κ2) is 8.12. The number of likely N-dealkylation sites (tertiary alicyclic amines) is 1. The van der Waals surface area contributed by atoms with E-state index < -0.39 is 5.60 Å². The SMILES string of the molecule is COc1ccc(-n2ncc3c(=O)n(CC4OC45CCN(C(=O)OC(C)(C)C)CC5)cnc32)cc1. The molecule has 0 N–H and O–H groups in total. The standard InChI is InChI=1S/C24H29N5O5/c1-23(2,3)34-22(31)27-11-9-24(10-12-27)19(33-24)14-28-15-25-20-18(21(28)30)13-26-29(20)16-5-7-17(32-4)8-6-16/h5-8,13,15,19H,9-12,14H2,1-4H3. The number of fused-ring (bicyclic) bond motifs is 1. The van der Waals surface area contributed by atoms with Crippen LogP contribution < -0.4 is 10.3 Å². The van der Waals surface area contributed by atoms with E-state index >= 15 is 0 Å². The highest BCUT2D eigenvalue weighted by atomic mass is 16.6. The molecule has 0 bridgehead atoms. The Kier molecular flexibility index (Phi) is 5.35. The van der Waals surface area contributed by atoms with Crippen LogP contribution in [0.5, 0.6) is 5.75 Å². The minimum Gasteiger partial charge on any atom is -0.497 e. The zero-order chi connectivity index (χ0) is 24.1. The van der Waals surface area contributed by atoms with Crippen molar-refractivity contribution in [2.24, 2.45) is 0 Å². The van der Waals surface area contributed by atoms with Gasteiger partial charge >= 0.3 is 6.09 Å². The third kappa shape index (κ3) is 4.13. The summed E-state index contributed by atoms with van der Waals surface area (Å²) < 4.78 is 19.9. The van der Waals surface area contributed by atoms with E-state index in [1.165, 1.54) is 0 Å². The molecule has 5 rings (SSSR count). The Labute approximate surface area is 197 Å². The molecule has 2 fully saturated rings. The van der Waals surface area contributed by atoms with E-state index in [1.807, 2.05) is 45.0 Å². The lowest BCUT2D eigenvalue weighted by molar-refractivity contribution is 0.0165. The predicted octanol–water partition coefficient (Wildman–Crippen LogP) is 2.76. The van der Waals surface area contributed by atoms with Crippen LogP contribution in [0.2, 0.25) is 0 Å². The van der Waals surface area contributed by atoms with E-state index in [9.17, 15) is 9.59 Å². The zero-order valence-electron chi connectivity index (χ0n) is 19.9. The van der Waals surface area contributed by atoms with E-state index in [4.69, 9.17) is 14.2 Å². The highest BCUT2D eigenvalue weighted by molar-refractivity contribution is 5.75. The number of epoxide rings is 1. The van der Waals surface area contributed by atoms with Gasteiger partial charge in [-0.2, -0.15) is 5.10 Å². The molecule has 10 heteroatoms. The molecule has 1 spiro atoms. The summed E-state index contributed by atoms with van der Waals surface area (Å²) in [5.41, 5.74) is 0.339. The molecule has 2 saturated heterocycles. The first kappa shape index (κ1) is 22.4. The number of ether oxygens (including phenoxy) is 3. The molecular weight excluding hydrogens is 438 g/mol. The Bertz CT molecular complexity index is 1270. The maximum absolute atomic E-state index is 13.1. The predicted molar refractivity (Wildman–Crippen MR) is 124 cm³/mol. The van der Waals surface area contributed by atoms with Crippen LogP contribution in [0.25, 0.3) is 16.7 Å². The van der Waals surface area contributed by atoms with Crippen molar-refractivity contribution in [1.82, 2.24) is 24.2 Å². The molecule has 2 aliphatic rings. The van der Waals surface area contributed by atoms with Crippen LogP contribution in [0.4, 0.5) is 4.79 Å². The highest BCUT2D eigenvalue weighted by Crippen LogP contribution is 2.46. The fraction of sp³-hybridized carbons (Fsp3) is 0.500. The van der Waals surface area contributed by atoms with E-state index in [-0.39, 0.29) is 23.4 Å². The number of nitrogens with zero attached hydrogens (tertiary/aromatic N) is 5. The summed E-state index contributed by atoms with van der Waals surface area (Å²) in [6.45, 7) is 7.15. The third-order valence-electron chi connectivity index (χ3n) is 6.40. The van der Waals surface area contributed by atoms with Crippen molar-refractivity contribution < 1.29 is 19.0 Å². The second-order valence-corrected chi connectivity index (χ2v) is 9.83. The topological polar surface area (TPSA) is 104 Å². The van der Waals surface area contributed by atoms with Crippen molar-refractivity contribution in [3.63, 3.8) is 0 Å². The summed E-state index contributed by atoms with van der Waals surface area (Å²) in [6.07, 6.45) is 4.17.